The van der Waals surface area contributed by atoms with Gasteiger partial charge in [-0.25, -0.2) is 0 Å². The van der Waals surface area contributed by atoms with Crippen LogP contribution in [0.25, 0.3) is 0 Å². The summed E-state index contributed by atoms with van der Waals surface area (Å²) in [6, 6.07) is 0.530. The fourth-order valence-electron chi connectivity index (χ4n) is 2.18. The molecule has 1 fully saturated rings. The normalized spacial score (nSPS) is 26.6. The van der Waals surface area contributed by atoms with Crippen LogP contribution in [0.1, 0.15) is 32.6 Å². The Morgan fingerprint density at radius 2 is 2.12 bits per heavy atom. The van der Waals surface area contributed by atoms with Gasteiger partial charge in [0.1, 0.15) is 0 Å². The highest BCUT2D eigenvalue weighted by atomic mass is 32.1. The SMILES string of the molecule is CC1CCC(C(N)=O)CN1CCCC(N)=S. The molecule has 4 N–H and O–H groups in total. The lowest BCUT2D eigenvalue weighted by Gasteiger charge is -2.36. The smallest absolute Gasteiger partial charge is 0.221 e. The first kappa shape index (κ1) is 13.4. The molecule has 0 bridgehead atoms. The summed E-state index contributed by atoms with van der Waals surface area (Å²) in [6.45, 7) is 3.92. The second kappa shape index (κ2) is 6.15. The number of hydrogen-bond donors (Lipinski definition) is 2. The van der Waals surface area contributed by atoms with Crippen LogP contribution in [-0.2, 0) is 4.79 Å². The Morgan fingerprint density at radius 3 is 2.69 bits per heavy atom. The van der Waals surface area contributed by atoms with E-state index in [2.05, 4.69) is 11.8 Å². The Kier molecular flexibility index (Phi) is 5.15. The molecule has 0 radical (unpaired) electrons. The summed E-state index contributed by atoms with van der Waals surface area (Å²) >= 11 is 4.84. The van der Waals surface area contributed by atoms with Crippen LogP contribution >= 0.6 is 12.2 Å². The van der Waals surface area contributed by atoms with Crippen LogP contribution < -0.4 is 11.5 Å². The van der Waals surface area contributed by atoms with Gasteiger partial charge >= 0.3 is 0 Å². The molecule has 4 nitrogen and oxygen atoms in total. The van der Waals surface area contributed by atoms with Crippen LogP contribution in [0, 0.1) is 5.92 Å². The largest absolute Gasteiger partial charge is 0.393 e. The second-order valence-corrected chi connectivity index (χ2v) is 5.11. The maximum Gasteiger partial charge on any atom is 0.221 e. The minimum absolute atomic E-state index is 0.0148. The third kappa shape index (κ3) is 4.06. The Bertz CT molecular complexity index is 270. The first-order valence-electron chi connectivity index (χ1n) is 5.82. The van der Waals surface area contributed by atoms with Gasteiger partial charge in [-0.1, -0.05) is 12.2 Å². The van der Waals surface area contributed by atoms with Crippen molar-refractivity contribution in [2.24, 2.45) is 17.4 Å². The third-order valence-electron chi connectivity index (χ3n) is 3.28. The zero-order chi connectivity index (χ0) is 12.1. The number of thiocarbonyl (C=S) groups is 1. The standard InChI is InChI=1S/C11H21N3OS/c1-8-4-5-9(11(13)15)7-14(8)6-2-3-10(12)16/h8-9H,2-7H2,1H3,(H2,12,16)(H2,13,15). The molecule has 1 rings (SSSR count). The third-order valence-corrected chi connectivity index (χ3v) is 3.49. The van der Waals surface area contributed by atoms with Gasteiger partial charge in [-0.2, -0.15) is 0 Å². The molecule has 2 atom stereocenters. The molecule has 1 aliphatic heterocycles. The maximum atomic E-state index is 11.1. The maximum absolute atomic E-state index is 11.1. The van der Waals surface area contributed by atoms with Crippen molar-refractivity contribution < 1.29 is 4.79 Å². The summed E-state index contributed by atoms with van der Waals surface area (Å²) in [7, 11) is 0. The van der Waals surface area contributed by atoms with Crippen molar-refractivity contribution in [1.29, 1.82) is 0 Å². The summed E-state index contributed by atoms with van der Waals surface area (Å²) < 4.78 is 0. The van der Waals surface area contributed by atoms with Gasteiger partial charge in [-0.05, 0) is 39.2 Å². The Balaban J connectivity index is 2.37. The van der Waals surface area contributed by atoms with E-state index in [9.17, 15) is 4.79 Å². The molecular weight excluding hydrogens is 222 g/mol. The lowest BCUT2D eigenvalue weighted by Crippen LogP contribution is -2.46. The highest BCUT2D eigenvalue weighted by Gasteiger charge is 2.27. The number of nitrogens with two attached hydrogens (primary N) is 2. The predicted molar refractivity (Wildman–Crippen MR) is 69.0 cm³/mol. The Morgan fingerprint density at radius 1 is 1.44 bits per heavy atom. The van der Waals surface area contributed by atoms with E-state index in [0.717, 1.165) is 38.8 Å². The number of rotatable bonds is 5. The molecular formula is C11H21N3OS. The molecule has 0 aromatic carbocycles. The number of amides is 1. The number of carbonyl (C=O) groups excluding carboxylic acids is 1. The van der Waals surface area contributed by atoms with Crippen LogP contribution in [0.5, 0.6) is 0 Å². The van der Waals surface area contributed by atoms with Crippen molar-refractivity contribution in [1.82, 2.24) is 4.90 Å². The Labute approximate surface area is 102 Å². The summed E-state index contributed by atoms with van der Waals surface area (Å²) in [5, 5.41) is 0. The molecule has 0 spiro atoms. The zero-order valence-corrected chi connectivity index (χ0v) is 10.6. The number of piperidine rings is 1. The van der Waals surface area contributed by atoms with Crippen LogP contribution in [0.15, 0.2) is 0 Å². The average molecular weight is 243 g/mol. The van der Waals surface area contributed by atoms with E-state index in [1.165, 1.54) is 0 Å². The van der Waals surface area contributed by atoms with Crippen LogP contribution in [0.4, 0.5) is 0 Å². The molecule has 0 saturated carbocycles. The van der Waals surface area contributed by atoms with Crippen LogP contribution in [0.3, 0.4) is 0 Å². The molecule has 0 aromatic rings. The molecule has 1 saturated heterocycles. The van der Waals surface area contributed by atoms with Gasteiger partial charge in [-0.3, -0.25) is 9.69 Å². The quantitative estimate of drug-likeness (QED) is 0.695. The van der Waals surface area contributed by atoms with Gasteiger partial charge in [0, 0.05) is 12.6 Å². The van der Waals surface area contributed by atoms with Gasteiger partial charge in [0.05, 0.1) is 10.9 Å². The number of nitrogens with zero attached hydrogens (tertiary/aromatic N) is 1. The van der Waals surface area contributed by atoms with E-state index in [1.54, 1.807) is 0 Å². The molecule has 0 aromatic heterocycles. The molecule has 16 heavy (non-hydrogen) atoms. The lowest BCUT2D eigenvalue weighted by molar-refractivity contribution is -0.123. The number of hydrogen-bond acceptors (Lipinski definition) is 3. The van der Waals surface area contributed by atoms with Crippen molar-refractivity contribution in [3.63, 3.8) is 0 Å². The van der Waals surface area contributed by atoms with Gasteiger partial charge in [0.25, 0.3) is 0 Å². The molecule has 1 amide bonds. The minimum Gasteiger partial charge on any atom is -0.393 e. The van der Waals surface area contributed by atoms with Crippen molar-refractivity contribution in [2.45, 2.75) is 38.6 Å². The first-order chi connectivity index (χ1) is 7.50. The van der Waals surface area contributed by atoms with Crippen LogP contribution in [-0.4, -0.2) is 34.9 Å². The van der Waals surface area contributed by atoms with E-state index < -0.39 is 0 Å². The predicted octanol–water partition coefficient (Wildman–Crippen LogP) is 0.638. The fourth-order valence-corrected chi connectivity index (χ4v) is 2.32. The van der Waals surface area contributed by atoms with E-state index in [1.807, 2.05) is 0 Å². The Hall–Kier alpha value is -0.680. The molecule has 5 heteroatoms. The van der Waals surface area contributed by atoms with Crippen molar-refractivity contribution >= 4 is 23.1 Å². The summed E-state index contributed by atoms with van der Waals surface area (Å²) in [4.78, 5) is 14.0. The average Bonchev–Trinajstić information content (AvgIpc) is 2.20. The second-order valence-electron chi connectivity index (χ2n) is 4.59. The van der Waals surface area contributed by atoms with Crippen molar-refractivity contribution in [3.8, 4) is 0 Å². The zero-order valence-electron chi connectivity index (χ0n) is 9.82. The van der Waals surface area contributed by atoms with E-state index in [-0.39, 0.29) is 11.8 Å². The highest BCUT2D eigenvalue weighted by molar-refractivity contribution is 7.80. The first-order valence-corrected chi connectivity index (χ1v) is 6.23. The number of carbonyl (C=O) groups is 1. The molecule has 1 aliphatic rings. The monoisotopic (exact) mass is 243 g/mol. The summed E-state index contributed by atoms with van der Waals surface area (Å²) in [5.74, 6) is -0.160. The molecule has 1 heterocycles. The number of likely N-dealkylation sites (tertiary alicyclic amines) is 1. The molecule has 2 unspecified atom stereocenters. The van der Waals surface area contributed by atoms with Crippen molar-refractivity contribution in [3.05, 3.63) is 0 Å². The summed E-state index contributed by atoms with van der Waals surface area (Å²) in [6.07, 6.45) is 3.70. The molecule has 0 aliphatic carbocycles. The van der Waals surface area contributed by atoms with E-state index in [4.69, 9.17) is 23.7 Å². The highest BCUT2D eigenvalue weighted by Crippen LogP contribution is 2.21. The van der Waals surface area contributed by atoms with Gasteiger partial charge in [-0.15, -0.1) is 0 Å². The lowest BCUT2D eigenvalue weighted by atomic mass is 9.93. The number of primary amides is 1. The molecule has 92 valence electrons. The topological polar surface area (TPSA) is 72.4 Å². The van der Waals surface area contributed by atoms with E-state index in [0.29, 0.717) is 11.0 Å². The van der Waals surface area contributed by atoms with Gasteiger partial charge in [0.2, 0.25) is 5.91 Å². The minimum atomic E-state index is -0.175. The van der Waals surface area contributed by atoms with E-state index >= 15 is 0 Å². The van der Waals surface area contributed by atoms with Gasteiger partial charge < -0.3 is 11.5 Å². The van der Waals surface area contributed by atoms with Gasteiger partial charge in [0.15, 0.2) is 0 Å². The van der Waals surface area contributed by atoms with Crippen molar-refractivity contribution in [2.75, 3.05) is 13.1 Å². The van der Waals surface area contributed by atoms with Crippen LogP contribution in [0.2, 0.25) is 0 Å². The fraction of sp³-hybridized carbons (Fsp3) is 0.818. The summed E-state index contributed by atoms with van der Waals surface area (Å²) in [5.41, 5.74) is 10.8.